The SMILES string of the molecule is C[N@@+]1(CC(=O)Nc2ccon2)CCC(O)C1. The van der Waals surface area contributed by atoms with Crippen LogP contribution < -0.4 is 5.32 Å². The van der Waals surface area contributed by atoms with Crippen molar-refractivity contribution in [3.63, 3.8) is 0 Å². The van der Waals surface area contributed by atoms with Crippen LogP contribution in [0.2, 0.25) is 0 Å². The molecular formula is C10H16N3O3+. The summed E-state index contributed by atoms with van der Waals surface area (Å²) in [4.78, 5) is 11.7. The largest absolute Gasteiger partial charge is 0.387 e. The van der Waals surface area contributed by atoms with Crippen molar-refractivity contribution in [1.29, 1.82) is 0 Å². The van der Waals surface area contributed by atoms with Gasteiger partial charge in [0.2, 0.25) is 0 Å². The Balaban J connectivity index is 1.88. The number of hydrogen-bond donors (Lipinski definition) is 2. The third-order valence-electron chi connectivity index (χ3n) is 2.88. The predicted molar refractivity (Wildman–Crippen MR) is 56.5 cm³/mol. The molecule has 6 heteroatoms. The second-order valence-electron chi connectivity index (χ2n) is 4.56. The maximum absolute atomic E-state index is 11.7. The van der Waals surface area contributed by atoms with Gasteiger partial charge in [0.1, 0.15) is 18.9 Å². The predicted octanol–water partition coefficient (Wildman–Crippen LogP) is -0.176. The minimum absolute atomic E-state index is 0.106. The van der Waals surface area contributed by atoms with Gasteiger partial charge in [0, 0.05) is 12.5 Å². The standard InChI is InChI=1S/C10H15N3O3/c1-13(4-2-8(14)6-13)7-10(15)11-9-3-5-16-12-9/h3,5,8,14H,2,4,6-7H2,1H3/p+1/t8?,13-/m1/s1. The second-order valence-corrected chi connectivity index (χ2v) is 4.56. The van der Waals surface area contributed by atoms with E-state index in [-0.39, 0.29) is 12.0 Å². The van der Waals surface area contributed by atoms with Crippen LogP contribution in [0.1, 0.15) is 6.42 Å². The highest BCUT2D eigenvalue weighted by molar-refractivity contribution is 5.90. The first-order chi connectivity index (χ1) is 7.57. The molecule has 0 saturated carbocycles. The second kappa shape index (κ2) is 4.23. The summed E-state index contributed by atoms with van der Waals surface area (Å²) in [7, 11) is 1.97. The molecule has 2 atom stereocenters. The van der Waals surface area contributed by atoms with Crippen LogP contribution in [-0.4, -0.2) is 53.4 Å². The molecule has 1 saturated heterocycles. The number of aromatic nitrogens is 1. The lowest BCUT2D eigenvalue weighted by molar-refractivity contribution is -0.890. The van der Waals surface area contributed by atoms with E-state index in [9.17, 15) is 9.90 Å². The minimum atomic E-state index is -0.287. The first-order valence-electron chi connectivity index (χ1n) is 5.29. The molecule has 2 rings (SSSR count). The van der Waals surface area contributed by atoms with Gasteiger partial charge in [0.25, 0.3) is 5.91 Å². The number of nitrogens with one attached hydrogen (secondary N) is 1. The zero-order chi connectivity index (χ0) is 11.6. The van der Waals surface area contributed by atoms with Crippen molar-refractivity contribution in [3.8, 4) is 0 Å². The topological polar surface area (TPSA) is 75.4 Å². The number of aliphatic hydroxyl groups is 1. The first kappa shape index (κ1) is 11.1. The van der Waals surface area contributed by atoms with Crippen LogP contribution in [0.25, 0.3) is 0 Å². The van der Waals surface area contributed by atoms with Gasteiger partial charge in [-0.25, -0.2) is 0 Å². The van der Waals surface area contributed by atoms with E-state index in [0.717, 1.165) is 13.0 Å². The van der Waals surface area contributed by atoms with Gasteiger partial charge in [-0.1, -0.05) is 5.16 Å². The van der Waals surface area contributed by atoms with E-state index in [1.54, 1.807) is 6.07 Å². The Kier molecular flexibility index (Phi) is 2.93. The van der Waals surface area contributed by atoms with Gasteiger partial charge < -0.3 is 19.4 Å². The molecule has 0 spiro atoms. The number of amides is 1. The fourth-order valence-electron chi connectivity index (χ4n) is 2.10. The highest BCUT2D eigenvalue weighted by atomic mass is 16.5. The molecule has 1 fully saturated rings. The van der Waals surface area contributed by atoms with E-state index in [1.165, 1.54) is 6.26 Å². The maximum Gasteiger partial charge on any atom is 0.280 e. The summed E-state index contributed by atoms with van der Waals surface area (Å²) in [6, 6.07) is 1.59. The van der Waals surface area contributed by atoms with Crippen molar-refractivity contribution < 1.29 is 18.9 Å². The zero-order valence-corrected chi connectivity index (χ0v) is 9.22. The van der Waals surface area contributed by atoms with Gasteiger partial charge in [0.05, 0.1) is 13.6 Å². The van der Waals surface area contributed by atoms with E-state index in [1.807, 2.05) is 7.05 Å². The molecule has 16 heavy (non-hydrogen) atoms. The fourth-order valence-corrected chi connectivity index (χ4v) is 2.10. The number of rotatable bonds is 3. The molecule has 6 nitrogen and oxygen atoms in total. The zero-order valence-electron chi connectivity index (χ0n) is 9.22. The van der Waals surface area contributed by atoms with E-state index in [2.05, 4.69) is 15.0 Å². The average Bonchev–Trinajstić information content (AvgIpc) is 2.76. The molecule has 1 aliphatic rings. The van der Waals surface area contributed by atoms with Crippen LogP contribution in [0.3, 0.4) is 0 Å². The van der Waals surface area contributed by atoms with Crippen molar-refractivity contribution >= 4 is 11.7 Å². The molecule has 2 heterocycles. The Morgan fingerprint density at radius 2 is 2.62 bits per heavy atom. The van der Waals surface area contributed by atoms with Gasteiger partial charge in [-0.3, -0.25) is 4.79 Å². The number of aliphatic hydroxyl groups excluding tert-OH is 1. The maximum atomic E-state index is 11.7. The lowest BCUT2D eigenvalue weighted by Gasteiger charge is -2.27. The normalized spacial score (nSPS) is 29.2. The summed E-state index contributed by atoms with van der Waals surface area (Å²) in [5.74, 6) is 0.321. The van der Waals surface area contributed by atoms with Gasteiger partial charge in [-0.2, -0.15) is 0 Å². The fraction of sp³-hybridized carbons (Fsp3) is 0.600. The van der Waals surface area contributed by atoms with E-state index in [0.29, 0.717) is 23.4 Å². The van der Waals surface area contributed by atoms with Gasteiger partial charge in [0.15, 0.2) is 12.4 Å². The average molecular weight is 226 g/mol. The van der Waals surface area contributed by atoms with Gasteiger partial charge in [-0.05, 0) is 0 Å². The first-order valence-corrected chi connectivity index (χ1v) is 5.29. The van der Waals surface area contributed by atoms with Crippen LogP contribution in [0.4, 0.5) is 5.82 Å². The van der Waals surface area contributed by atoms with Crippen molar-refractivity contribution in [3.05, 3.63) is 12.3 Å². The van der Waals surface area contributed by atoms with Crippen LogP contribution in [0.5, 0.6) is 0 Å². The Bertz CT molecular complexity index is 365. The highest BCUT2D eigenvalue weighted by Gasteiger charge is 2.35. The lowest BCUT2D eigenvalue weighted by Crippen LogP contribution is -2.47. The van der Waals surface area contributed by atoms with Crippen LogP contribution in [0.15, 0.2) is 16.9 Å². The summed E-state index contributed by atoms with van der Waals surface area (Å²) in [6.07, 6.45) is 1.88. The summed E-state index contributed by atoms with van der Waals surface area (Å²) < 4.78 is 5.19. The molecule has 2 N–H and O–H groups in total. The van der Waals surface area contributed by atoms with Crippen molar-refractivity contribution in [2.75, 3.05) is 32.0 Å². The molecular weight excluding hydrogens is 210 g/mol. The quantitative estimate of drug-likeness (QED) is 0.701. The van der Waals surface area contributed by atoms with E-state index in [4.69, 9.17) is 0 Å². The summed E-state index contributed by atoms with van der Waals surface area (Å²) >= 11 is 0. The Morgan fingerprint density at radius 3 is 3.19 bits per heavy atom. The molecule has 1 aromatic heterocycles. The molecule has 0 bridgehead atoms. The lowest BCUT2D eigenvalue weighted by atomic mass is 10.3. The van der Waals surface area contributed by atoms with Crippen molar-refractivity contribution in [2.24, 2.45) is 0 Å². The van der Waals surface area contributed by atoms with Crippen LogP contribution in [-0.2, 0) is 4.79 Å². The Morgan fingerprint density at radius 1 is 1.81 bits per heavy atom. The molecule has 1 unspecified atom stereocenters. The Labute approximate surface area is 93.4 Å². The number of carbonyl (C=O) groups is 1. The van der Waals surface area contributed by atoms with Crippen molar-refractivity contribution in [1.82, 2.24) is 5.16 Å². The van der Waals surface area contributed by atoms with Crippen molar-refractivity contribution in [2.45, 2.75) is 12.5 Å². The Hall–Kier alpha value is -1.40. The number of likely N-dealkylation sites (tertiary alicyclic amines) is 1. The monoisotopic (exact) mass is 226 g/mol. The highest BCUT2D eigenvalue weighted by Crippen LogP contribution is 2.16. The summed E-state index contributed by atoms with van der Waals surface area (Å²) in [5.41, 5.74) is 0. The molecule has 1 aliphatic heterocycles. The molecule has 1 amide bonds. The number of hydrogen-bond acceptors (Lipinski definition) is 4. The van der Waals surface area contributed by atoms with E-state index >= 15 is 0 Å². The molecule has 0 aromatic carbocycles. The number of nitrogens with zero attached hydrogens (tertiary/aromatic N) is 2. The number of carbonyl (C=O) groups excluding carboxylic acids is 1. The number of quaternary nitrogens is 1. The summed E-state index contributed by atoms with van der Waals surface area (Å²) in [6.45, 7) is 1.81. The van der Waals surface area contributed by atoms with Crippen LogP contribution in [0, 0.1) is 0 Å². The van der Waals surface area contributed by atoms with E-state index < -0.39 is 0 Å². The molecule has 0 radical (unpaired) electrons. The molecule has 1 aromatic rings. The van der Waals surface area contributed by atoms with Gasteiger partial charge in [-0.15, -0.1) is 0 Å². The van der Waals surface area contributed by atoms with Crippen LogP contribution >= 0.6 is 0 Å². The number of likely N-dealkylation sites (N-methyl/N-ethyl adjacent to an activating group) is 1. The molecule has 0 aliphatic carbocycles. The summed E-state index contributed by atoms with van der Waals surface area (Å²) in [5, 5.41) is 15.7. The smallest absolute Gasteiger partial charge is 0.280 e. The molecule has 88 valence electrons. The minimum Gasteiger partial charge on any atom is -0.387 e. The number of anilines is 1. The third-order valence-corrected chi connectivity index (χ3v) is 2.88. The van der Waals surface area contributed by atoms with Gasteiger partial charge >= 0.3 is 0 Å². The third kappa shape index (κ3) is 2.59.